The molecule has 0 aromatic heterocycles. The van der Waals surface area contributed by atoms with E-state index >= 15 is 0 Å². The van der Waals surface area contributed by atoms with Gasteiger partial charge in [0, 0.05) is 10.8 Å². The van der Waals surface area contributed by atoms with Crippen molar-refractivity contribution < 1.29 is 10.2 Å². The molecule has 2 N–H and O–H groups in total. The number of hydrogen-bond donors (Lipinski definition) is 2. The SMILES string of the molecule is Oc1c(Cl)c(Cl)c(O)c2c(Cl)cccc12. The number of rotatable bonds is 0. The second-order valence-electron chi connectivity index (χ2n) is 2.99. The van der Waals surface area contributed by atoms with Crippen LogP contribution in [0, 0.1) is 0 Å². The molecule has 0 radical (unpaired) electrons. The molecule has 2 nitrogen and oxygen atoms in total. The molecule has 0 saturated carbocycles. The van der Waals surface area contributed by atoms with Crippen molar-refractivity contribution in [1.29, 1.82) is 0 Å². The van der Waals surface area contributed by atoms with Crippen LogP contribution in [-0.2, 0) is 0 Å². The minimum Gasteiger partial charge on any atom is -0.506 e. The molecule has 0 heterocycles. The van der Waals surface area contributed by atoms with Crippen LogP contribution in [-0.4, -0.2) is 10.2 Å². The van der Waals surface area contributed by atoms with E-state index < -0.39 is 0 Å². The Morgan fingerprint density at radius 1 is 0.867 bits per heavy atom. The quantitative estimate of drug-likeness (QED) is 0.699. The van der Waals surface area contributed by atoms with Crippen LogP contribution < -0.4 is 0 Å². The number of fused-ring (bicyclic) bond motifs is 1. The first kappa shape index (κ1) is 10.7. The van der Waals surface area contributed by atoms with Crippen molar-refractivity contribution in [3.05, 3.63) is 33.3 Å². The molecule has 0 spiro atoms. The molecule has 0 bridgehead atoms. The Hall–Kier alpha value is -0.830. The monoisotopic (exact) mass is 262 g/mol. The highest BCUT2D eigenvalue weighted by molar-refractivity contribution is 6.46. The molecular formula is C10H5Cl3O2. The third kappa shape index (κ3) is 1.49. The van der Waals surface area contributed by atoms with Gasteiger partial charge < -0.3 is 10.2 Å². The Morgan fingerprint density at radius 2 is 1.47 bits per heavy atom. The van der Waals surface area contributed by atoms with Crippen LogP contribution in [0.4, 0.5) is 0 Å². The van der Waals surface area contributed by atoms with Crippen LogP contribution in [0.15, 0.2) is 18.2 Å². The van der Waals surface area contributed by atoms with E-state index in [1.54, 1.807) is 18.2 Å². The summed E-state index contributed by atoms with van der Waals surface area (Å²) in [6, 6.07) is 4.83. The maximum absolute atomic E-state index is 9.73. The van der Waals surface area contributed by atoms with Gasteiger partial charge in [0.25, 0.3) is 0 Å². The second-order valence-corrected chi connectivity index (χ2v) is 4.15. The molecule has 0 saturated heterocycles. The van der Waals surface area contributed by atoms with Crippen molar-refractivity contribution in [3.8, 4) is 11.5 Å². The summed E-state index contributed by atoms with van der Waals surface area (Å²) in [7, 11) is 0. The molecular weight excluding hydrogens is 258 g/mol. The maximum Gasteiger partial charge on any atom is 0.145 e. The van der Waals surface area contributed by atoms with E-state index in [9.17, 15) is 10.2 Å². The summed E-state index contributed by atoms with van der Waals surface area (Å²) in [5, 5.41) is 20.2. The number of halogens is 3. The Kier molecular flexibility index (Phi) is 2.59. The van der Waals surface area contributed by atoms with E-state index in [-0.39, 0.29) is 21.5 Å². The van der Waals surface area contributed by atoms with Gasteiger partial charge in [-0.05, 0) is 6.07 Å². The summed E-state index contributed by atoms with van der Waals surface area (Å²) in [5.41, 5.74) is 0. The van der Waals surface area contributed by atoms with Crippen molar-refractivity contribution in [2.75, 3.05) is 0 Å². The van der Waals surface area contributed by atoms with E-state index in [4.69, 9.17) is 34.8 Å². The fourth-order valence-electron chi connectivity index (χ4n) is 1.40. The number of benzene rings is 2. The predicted octanol–water partition coefficient (Wildman–Crippen LogP) is 4.21. The molecule has 2 aromatic carbocycles. The number of hydrogen-bond acceptors (Lipinski definition) is 2. The van der Waals surface area contributed by atoms with Gasteiger partial charge in [0.2, 0.25) is 0 Å². The molecule has 2 aromatic rings. The summed E-state index contributed by atoms with van der Waals surface area (Å²) < 4.78 is 0. The largest absolute Gasteiger partial charge is 0.506 e. The van der Waals surface area contributed by atoms with Crippen molar-refractivity contribution in [1.82, 2.24) is 0 Å². The van der Waals surface area contributed by atoms with Crippen molar-refractivity contribution in [2.45, 2.75) is 0 Å². The van der Waals surface area contributed by atoms with E-state index in [0.717, 1.165) is 0 Å². The van der Waals surface area contributed by atoms with E-state index in [1.165, 1.54) is 0 Å². The number of phenolic OH excluding ortho intramolecular Hbond substituents is 2. The van der Waals surface area contributed by atoms with Crippen molar-refractivity contribution in [3.63, 3.8) is 0 Å². The van der Waals surface area contributed by atoms with E-state index in [0.29, 0.717) is 15.8 Å². The Morgan fingerprint density at radius 3 is 2.13 bits per heavy atom. The lowest BCUT2D eigenvalue weighted by molar-refractivity contribution is 0.470. The zero-order valence-corrected chi connectivity index (χ0v) is 9.53. The molecule has 0 aliphatic carbocycles. The summed E-state index contributed by atoms with van der Waals surface area (Å²) in [4.78, 5) is 0. The minimum absolute atomic E-state index is 0.0797. The van der Waals surface area contributed by atoms with E-state index in [1.807, 2.05) is 0 Å². The Balaban J connectivity index is 3.08. The van der Waals surface area contributed by atoms with Crippen LogP contribution in [0.1, 0.15) is 0 Å². The van der Waals surface area contributed by atoms with Gasteiger partial charge >= 0.3 is 0 Å². The molecule has 5 heteroatoms. The summed E-state index contributed by atoms with van der Waals surface area (Å²) in [6.07, 6.45) is 0. The fourth-order valence-corrected chi connectivity index (χ4v) is 2.04. The zero-order valence-electron chi connectivity index (χ0n) is 7.26. The van der Waals surface area contributed by atoms with Crippen LogP contribution in [0.5, 0.6) is 11.5 Å². The average molecular weight is 264 g/mol. The first-order chi connectivity index (χ1) is 7.04. The molecule has 15 heavy (non-hydrogen) atoms. The summed E-state index contributed by atoms with van der Waals surface area (Å²) in [5.74, 6) is -0.406. The fraction of sp³-hybridized carbons (Fsp3) is 0. The van der Waals surface area contributed by atoms with Crippen LogP contribution in [0.25, 0.3) is 10.8 Å². The molecule has 0 aliphatic heterocycles. The van der Waals surface area contributed by atoms with Crippen molar-refractivity contribution in [2.24, 2.45) is 0 Å². The molecule has 0 aliphatic rings. The zero-order chi connectivity index (χ0) is 11.2. The molecule has 78 valence electrons. The highest BCUT2D eigenvalue weighted by Gasteiger charge is 2.17. The highest BCUT2D eigenvalue weighted by Crippen LogP contribution is 2.47. The molecule has 0 amide bonds. The standard InChI is InChI=1S/C10H5Cl3O2/c11-5-3-1-2-4-6(5)10(15)8(13)7(12)9(4)14/h1-3,14-15H. The summed E-state index contributed by atoms with van der Waals surface area (Å²) in [6.45, 7) is 0. The van der Waals surface area contributed by atoms with Crippen LogP contribution >= 0.6 is 34.8 Å². The van der Waals surface area contributed by atoms with Crippen molar-refractivity contribution >= 4 is 45.6 Å². The second kappa shape index (κ2) is 3.63. The van der Waals surface area contributed by atoms with Gasteiger partial charge in [-0.25, -0.2) is 0 Å². The number of phenols is 2. The lowest BCUT2D eigenvalue weighted by Crippen LogP contribution is -1.81. The van der Waals surface area contributed by atoms with Gasteiger partial charge in [-0.2, -0.15) is 0 Å². The molecule has 0 unspecified atom stereocenters. The highest BCUT2D eigenvalue weighted by atomic mass is 35.5. The van der Waals surface area contributed by atoms with E-state index in [2.05, 4.69) is 0 Å². The van der Waals surface area contributed by atoms with Gasteiger partial charge in [-0.1, -0.05) is 46.9 Å². The normalized spacial score (nSPS) is 10.9. The van der Waals surface area contributed by atoms with Gasteiger partial charge in [-0.3, -0.25) is 0 Å². The van der Waals surface area contributed by atoms with Crippen LogP contribution in [0.2, 0.25) is 15.1 Å². The molecule has 0 fully saturated rings. The Labute approximate surface area is 101 Å². The predicted molar refractivity (Wildman–Crippen MR) is 62.3 cm³/mol. The minimum atomic E-state index is -0.222. The van der Waals surface area contributed by atoms with Gasteiger partial charge in [-0.15, -0.1) is 0 Å². The lowest BCUT2D eigenvalue weighted by atomic mass is 10.1. The van der Waals surface area contributed by atoms with Gasteiger partial charge in [0.15, 0.2) is 0 Å². The Bertz CT molecular complexity index is 552. The third-order valence-electron chi connectivity index (χ3n) is 2.11. The van der Waals surface area contributed by atoms with Gasteiger partial charge in [0.05, 0.1) is 5.02 Å². The third-order valence-corrected chi connectivity index (χ3v) is 3.26. The first-order valence-electron chi connectivity index (χ1n) is 4.01. The molecule has 2 rings (SSSR count). The smallest absolute Gasteiger partial charge is 0.145 e. The first-order valence-corrected chi connectivity index (χ1v) is 5.14. The number of aromatic hydroxyl groups is 2. The summed E-state index contributed by atoms with van der Waals surface area (Å²) >= 11 is 17.3. The lowest BCUT2D eigenvalue weighted by Gasteiger charge is -2.09. The maximum atomic E-state index is 9.73. The molecule has 0 atom stereocenters. The average Bonchev–Trinajstić information content (AvgIpc) is 2.23. The topological polar surface area (TPSA) is 40.5 Å². The van der Waals surface area contributed by atoms with Crippen LogP contribution in [0.3, 0.4) is 0 Å². The van der Waals surface area contributed by atoms with Gasteiger partial charge in [0.1, 0.15) is 21.5 Å².